The Labute approximate surface area is 104 Å². The Morgan fingerprint density at radius 3 is 2.83 bits per heavy atom. The molecule has 2 heterocycles. The summed E-state index contributed by atoms with van der Waals surface area (Å²) in [5.41, 5.74) is -0.00590. The van der Waals surface area contributed by atoms with Crippen LogP contribution in [0.4, 0.5) is 0 Å². The number of carbonyl (C=O) groups is 1. The molecule has 1 aromatic rings. The topological polar surface area (TPSA) is 56.5 Å². The van der Waals surface area contributed by atoms with Gasteiger partial charge in [0.15, 0.2) is 11.4 Å². The molecule has 2 aliphatic rings. The summed E-state index contributed by atoms with van der Waals surface area (Å²) >= 11 is 0. The summed E-state index contributed by atoms with van der Waals surface area (Å²) in [7, 11) is 0. The number of fused-ring (bicyclic) bond motifs is 2. The lowest BCUT2D eigenvalue weighted by Crippen LogP contribution is -2.47. The molecule has 0 bridgehead atoms. The second kappa shape index (κ2) is 3.57. The normalized spacial score (nSPS) is 25.9. The van der Waals surface area contributed by atoms with Crippen molar-refractivity contribution in [1.82, 2.24) is 0 Å². The van der Waals surface area contributed by atoms with E-state index in [1.54, 1.807) is 26.0 Å². The van der Waals surface area contributed by atoms with Gasteiger partial charge in [-0.3, -0.25) is 4.79 Å². The Bertz CT molecular complexity index is 623. The van der Waals surface area contributed by atoms with Crippen molar-refractivity contribution in [3.05, 3.63) is 33.4 Å². The average Bonchev–Trinajstić information content (AvgIpc) is 2.29. The van der Waals surface area contributed by atoms with Crippen LogP contribution in [0.25, 0.3) is 6.08 Å². The first-order valence-electron chi connectivity index (χ1n) is 6.09. The second-order valence-corrected chi connectivity index (χ2v) is 5.00. The molecule has 18 heavy (non-hydrogen) atoms. The van der Waals surface area contributed by atoms with Crippen LogP contribution < -0.4 is 10.4 Å². The third-order valence-electron chi connectivity index (χ3n) is 3.70. The molecular formula is C14H14O4. The summed E-state index contributed by atoms with van der Waals surface area (Å²) in [4.78, 5) is 23.8. The van der Waals surface area contributed by atoms with E-state index in [0.717, 1.165) is 18.4 Å². The smallest absolute Gasteiger partial charge is 0.346 e. The Morgan fingerprint density at radius 1 is 1.28 bits per heavy atom. The van der Waals surface area contributed by atoms with E-state index in [1.165, 1.54) is 0 Å². The molecule has 1 saturated carbocycles. The summed E-state index contributed by atoms with van der Waals surface area (Å²) in [5.74, 6) is 1.02. The molecule has 4 heteroatoms. The Balaban J connectivity index is 2.22. The van der Waals surface area contributed by atoms with Gasteiger partial charge < -0.3 is 9.15 Å². The molecule has 0 spiro atoms. The van der Waals surface area contributed by atoms with Crippen molar-refractivity contribution in [1.29, 1.82) is 0 Å². The van der Waals surface area contributed by atoms with E-state index < -0.39 is 11.2 Å². The summed E-state index contributed by atoms with van der Waals surface area (Å²) < 4.78 is 10.9. The molecular weight excluding hydrogens is 232 g/mol. The molecule has 0 amide bonds. The van der Waals surface area contributed by atoms with E-state index in [9.17, 15) is 9.59 Å². The number of hydrogen-bond donors (Lipinski definition) is 0. The molecule has 1 fully saturated rings. The van der Waals surface area contributed by atoms with Crippen molar-refractivity contribution >= 4 is 11.9 Å². The van der Waals surface area contributed by atoms with E-state index in [-0.39, 0.29) is 5.78 Å². The van der Waals surface area contributed by atoms with Crippen molar-refractivity contribution in [2.45, 2.75) is 38.7 Å². The molecule has 0 saturated heterocycles. The maximum Gasteiger partial charge on any atom is 0.346 e. The van der Waals surface area contributed by atoms with Gasteiger partial charge in [0, 0.05) is 12.5 Å². The highest BCUT2D eigenvalue weighted by molar-refractivity contribution is 5.94. The van der Waals surface area contributed by atoms with E-state index in [0.29, 0.717) is 23.5 Å². The molecule has 0 aromatic carbocycles. The molecule has 1 aliphatic heterocycles. The average molecular weight is 246 g/mol. The number of aryl methyl sites for hydroxylation is 1. The maximum absolute atomic E-state index is 12.1. The summed E-state index contributed by atoms with van der Waals surface area (Å²) in [6.07, 6.45) is 3.90. The molecule has 0 unspecified atom stereocenters. The minimum Gasteiger partial charge on any atom is -0.474 e. The van der Waals surface area contributed by atoms with Gasteiger partial charge in [0.25, 0.3) is 0 Å². The van der Waals surface area contributed by atoms with Gasteiger partial charge in [0.1, 0.15) is 17.1 Å². The van der Waals surface area contributed by atoms with Crippen LogP contribution in [0.15, 0.2) is 20.9 Å². The molecule has 4 nitrogen and oxygen atoms in total. The van der Waals surface area contributed by atoms with Gasteiger partial charge in [-0.2, -0.15) is 0 Å². The van der Waals surface area contributed by atoms with Gasteiger partial charge in [-0.1, -0.05) is 0 Å². The molecule has 1 aliphatic carbocycles. The fourth-order valence-corrected chi connectivity index (χ4v) is 2.63. The lowest BCUT2D eigenvalue weighted by Gasteiger charge is -2.38. The zero-order valence-electron chi connectivity index (χ0n) is 10.4. The number of hydrogen-bond acceptors (Lipinski definition) is 4. The standard InChI is InChI=1S/C14H14O4/c1-8-6-11-10(13(16)17-8)7-9-4-3-5-12(15)14(9,2)18-11/h6-7H,3-5H2,1-2H3/t14-/m0/s1. The van der Waals surface area contributed by atoms with Crippen molar-refractivity contribution < 1.29 is 13.9 Å². The zero-order valence-corrected chi connectivity index (χ0v) is 10.4. The SMILES string of the molecule is Cc1cc2c(c(=O)o1)C=C1CCCC(=O)[C@@]1(C)O2. The monoisotopic (exact) mass is 246 g/mol. The van der Waals surface area contributed by atoms with Crippen LogP contribution in [0.2, 0.25) is 0 Å². The number of ketones is 1. The first-order valence-corrected chi connectivity index (χ1v) is 6.09. The van der Waals surface area contributed by atoms with Crippen molar-refractivity contribution in [3.8, 4) is 5.75 Å². The second-order valence-electron chi connectivity index (χ2n) is 5.00. The molecule has 1 atom stereocenters. The van der Waals surface area contributed by atoms with E-state index in [2.05, 4.69) is 0 Å². The van der Waals surface area contributed by atoms with Crippen LogP contribution >= 0.6 is 0 Å². The van der Waals surface area contributed by atoms with Crippen LogP contribution in [-0.4, -0.2) is 11.4 Å². The minimum atomic E-state index is -0.897. The predicted molar refractivity (Wildman–Crippen MR) is 65.6 cm³/mol. The first kappa shape index (κ1) is 11.3. The van der Waals surface area contributed by atoms with Crippen LogP contribution in [0.3, 0.4) is 0 Å². The number of rotatable bonds is 0. The van der Waals surface area contributed by atoms with Gasteiger partial charge in [-0.25, -0.2) is 4.79 Å². The highest BCUT2D eigenvalue weighted by Gasteiger charge is 2.44. The molecule has 0 radical (unpaired) electrons. The highest BCUT2D eigenvalue weighted by Crippen LogP contribution is 2.40. The Hall–Kier alpha value is -1.84. The molecule has 94 valence electrons. The van der Waals surface area contributed by atoms with Crippen molar-refractivity contribution in [2.75, 3.05) is 0 Å². The zero-order chi connectivity index (χ0) is 12.9. The van der Waals surface area contributed by atoms with Gasteiger partial charge in [-0.15, -0.1) is 0 Å². The number of Topliss-reactive ketones (excluding diaryl/α,β-unsaturated/α-hetero) is 1. The molecule has 0 N–H and O–H groups in total. The minimum absolute atomic E-state index is 0.0801. The van der Waals surface area contributed by atoms with Gasteiger partial charge in [-0.05, 0) is 38.3 Å². The largest absolute Gasteiger partial charge is 0.474 e. The van der Waals surface area contributed by atoms with Gasteiger partial charge >= 0.3 is 5.63 Å². The Kier molecular flexibility index (Phi) is 2.24. The predicted octanol–water partition coefficient (Wildman–Crippen LogP) is 2.24. The third kappa shape index (κ3) is 1.45. The number of ether oxygens (including phenoxy) is 1. The van der Waals surface area contributed by atoms with Gasteiger partial charge in [0.2, 0.25) is 0 Å². The first-order chi connectivity index (χ1) is 8.50. The maximum atomic E-state index is 12.1. The summed E-state index contributed by atoms with van der Waals surface area (Å²) in [5, 5.41) is 0. The summed E-state index contributed by atoms with van der Waals surface area (Å²) in [6.45, 7) is 3.47. The van der Waals surface area contributed by atoms with Crippen molar-refractivity contribution in [3.63, 3.8) is 0 Å². The quantitative estimate of drug-likeness (QED) is 0.704. The van der Waals surface area contributed by atoms with Crippen LogP contribution in [0.5, 0.6) is 5.75 Å². The lowest BCUT2D eigenvalue weighted by molar-refractivity contribution is -0.132. The van der Waals surface area contributed by atoms with Gasteiger partial charge in [0.05, 0.1) is 0 Å². The van der Waals surface area contributed by atoms with Crippen LogP contribution in [-0.2, 0) is 4.79 Å². The van der Waals surface area contributed by atoms with E-state index in [4.69, 9.17) is 9.15 Å². The summed E-state index contributed by atoms with van der Waals surface area (Å²) in [6, 6.07) is 1.66. The van der Waals surface area contributed by atoms with E-state index >= 15 is 0 Å². The highest BCUT2D eigenvalue weighted by atomic mass is 16.5. The Morgan fingerprint density at radius 2 is 2.06 bits per heavy atom. The lowest BCUT2D eigenvalue weighted by atomic mass is 9.78. The van der Waals surface area contributed by atoms with Crippen molar-refractivity contribution in [2.24, 2.45) is 0 Å². The van der Waals surface area contributed by atoms with Crippen LogP contribution in [0, 0.1) is 6.92 Å². The third-order valence-corrected chi connectivity index (χ3v) is 3.70. The fourth-order valence-electron chi connectivity index (χ4n) is 2.63. The molecule has 3 rings (SSSR count). The fraction of sp³-hybridized carbons (Fsp3) is 0.429. The van der Waals surface area contributed by atoms with E-state index in [1.807, 2.05) is 0 Å². The van der Waals surface area contributed by atoms with Crippen LogP contribution in [0.1, 0.15) is 37.5 Å². The number of carbonyl (C=O) groups excluding carboxylic acids is 1. The molecule has 1 aromatic heterocycles.